The minimum atomic E-state index is 0.554. The lowest BCUT2D eigenvalue weighted by Crippen LogP contribution is -2.05. The second kappa shape index (κ2) is 14.8. The molecule has 4 heterocycles. The van der Waals surface area contributed by atoms with Gasteiger partial charge in [-0.3, -0.25) is 0 Å². The molecule has 4 aromatic heterocycles. The molecule has 0 saturated heterocycles. The maximum Gasteiger partial charge on any atom is 0.166 e. The van der Waals surface area contributed by atoms with Crippen LogP contribution in [0, 0.1) is 0 Å². The average molecular weight is 812 g/mol. The van der Waals surface area contributed by atoms with Gasteiger partial charge in [0, 0.05) is 64.3 Å². The Bertz CT molecular complexity index is 3510. The number of para-hydroxylation sites is 1. The molecule has 0 aliphatic heterocycles. The summed E-state index contributed by atoms with van der Waals surface area (Å²) in [5, 5.41) is 4.83. The van der Waals surface area contributed by atoms with E-state index in [-0.39, 0.29) is 0 Å². The lowest BCUT2D eigenvalue weighted by molar-refractivity contribution is 1.06. The topological polar surface area (TPSA) is 82.3 Å². The van der Waals surface area contributed by atoms with Crippen molar-refractivity contribution in [2.24, 2.45) is 0 Å². The smallest absolute Gasteiger partial charge is 0.166 e. The van der Waals surface area contributed by atoms with Crippen molar-refractivity contribution < 1.29 is 0 Å². The molecule has 0 unspecified atom stereocenters. The van der Waals surface area contributed by atoms with Gasteiger partial charge < -0.3 is 4.57 Å². The largest absolute Gasteiger partial charge is 0.308 e. The maximum atomic E-state index is 5.24. The Hall–Kier alpha value is -8.20. The number of rotatable bonds is 7. The van der Waals surface area contributed by atoms with Crippen LogP contribution < -0.4 is 0 Å². The van der Waals surface area contributed by atoms with Crippen LogP contribution in [0.4, 0.5) is 0 Å². The van der Waals surface area contributed by atoms with Crippen LogP contribution in [0.25, 0.3) is 116 Å². The highest BCUT2D eigenvalue weighted by Gasteiger charge is 2.23. The molecular weight excluding hydrogens is 779 g/mol. The minimum Gasteiger partial charge on any atom is -0.308 e. The first-order valence-electron chi connectivity index (χ1n) is 20.5. The van der Waals surface area contributed by atoms with Crippen LogP contribution in [0.5, 0.6) is 0 Å². The fraction of sp³-hybridized carbons (Fsp3) is 0. The third-order valence-electron chi connectivity index (χ3n) is 11.3. The van der Waals surface area contributed by atoms with Crippen LogP contribution in [-0.2, 0) is 0 Å². The van der Waals surface area contributed by atoms with E-state index in [9.17, 15) is 0 Å². The molecule has 0 aliphatic carbocycles. The maximum absolute atomic E-state index is 5.24. The van der Waals surface area contributed by atoms with E-state index in [0.29, 0.717) is 34.9 Å². The molecule has 0 N–H and O–H groups in total. The van der Waals surface area contributed by atoms with Crippen LogP contribution >= 0.6 is 11.3 Å². The summed E-state index contributed by atoms with van der Waals surface area (Å²) < 4.78 is 4.84. The minimum absolute atomic E-state index is 0.554. The van der Waals surface area contributed by atoms with Gasteiger partial charge in [0.1, 0.15) is 0 Å². The molecular formula is C54H33N7S. The third-order valence-corrected chi connectivity index (χ3v) is 12.4. The van der Waals surface area contributed by atoms with Crippen LogP contribution in [0.1, 0.15) is 0 Å². The highest BCUT2D eigenvalue weighted by molar-refractivity contribution is 7.25. The molecule has 8 aromatic carbocycles. The second-order valence-electron chi connectivity index (χ2n) is 15.1. The zero-order valence-corrected chi connectivity index (χ0v) is 33.9. The monoisotopic (exact) mass is 811 g/mol. The predicted octanol–water partition coefficient (Wildman–Crippen LogP) is 13.5. The van der Waals surface area contributed by atoms with Gasteiger partial charge >= 0.3 is 0 Å². The first-order chi connectivity index (χ1) is 30.7. The van der Waals surface area contributed by atoms with Crippen molar-refractivity contribution in [3.8, 4) is 74.0 Å². The van der Waals surface area contributed by atoms with Crippen molar-refractivity contribution in [3.05, 3.63) is 200 Å². The van der Waals surface area contributed by atoms with Gasteiger partial charge in [-0.2, -0.15) is 0 Å². The average Bonchev–Trinajstić information content (AvgIpc) is 3.88. The van der Waals surface area contributed by atoms with E-state index in [1.165, 1.54) is 20.2 Å². The molecule has 0 radical (unpaired) electrons. The summed E-state index contributed by atoms with van der Waals surface area (Å²) in [4.78, 5) is 30.8. The Morgan fingerprint density at radius 2 is 0.742 bits per heavy atom. The predicted molar refractivity (Wildman–Crippen MR) is 253 cm³/mol. The summed E-state index contributed by atoms with van der Waals surface area (Å²) in [5.74, 6) is 3.50. The van der Waals surface area contributed by atoms with Gasteiger partial charge in [-0.1, -0.05) is 164 Å². The van der Waals surface area contributed by atoms with Crippen molar-refractivity contribution >= 4 is 53.3 Å². The van der Waals surface area contributed by atoms with E-state index < -0.39 is 0 Å². The van der Waals surface area contributed by atoms with Gasteiger partial charge in [0.2, 0.25) is 0 Å². The van der Waals surface area contributed by atoms with E-state index in [1.807, 2.05) is 133 Å². The Balaban J connectivity index is 1.17. The van der Waals surface area contributed by atoms with E-state index in [0.717, 1.165) is 60.9 Å². The molecule has 12 aromatic rings. The van der Waals surface area contributed by atoms with E-state index >= 15 is 0 Å². The van der Waals surface area contributed by atoms with Crippen LogP contribution in [0.3, 0.4) is 0 Å². The Kier molecular flexibility index (Phi) is 8.53. The summed E-state index contributed by atoms with van der Waals surface area (Å²) in [6, 6.07) is 68.7. The first kappa shape index (κ1) is 35.7. The Morgan fingerprint density at radius 3 is 1.29 bits per heavy atom. The van der Waals surface area contributed by atoms with Gasteiger partial charge in [-0.05, 0) is 36.4 Å². The van der Waals surface area contributed by atoms with Crippen molar-refractivity contribution in [1.82, 2.24) is 34.5 Å². The van der Waals surface area contributed by atoms with Crippen molar-refractivity contribution in [1.29, 1.82) is 0 Å². The zero-order chi connectivity index (χ0) is 41.0. The number of hydrogen-bond donors (Lipinski definition) is 0. The molecule has 0 bridgehead atoms. The first-order valence-corrected chi connectivity index (χ1v) is 21.3. The normalized spacial score (nSPS) is 11.5. The molecule has 0 amide bonds. The zero-order valence-electron chi connectivity index (χ0n) is 33.1. The van der Waals surface area contributed by atoms with Gasteiger partial charge in [-0.15, -0.1) is 11.3 Å². The number of nitrogens with zero attached hydrogens (tertiary/aromatic N) is 7. The second-order valence-corrected chi connectivity index (χ2v) is 16.2. The highest BCUT2D eigenvalue weighted by atomic mass is 32.1. The summed E-state index contributed by atoms with van der Waals surface area (Å²) in [7, 11) is 0. The van der Waals surface area contributed by atoms with Crippen molar-refractivity contribution in [2.45, 2.75) is 0 Å². The number of thiophene rings is 1. The van der Waals surface area contributed by atoms with Gasteiger partial charge in [0.15, 0.2) is 34.9 Å². The number of hydrogen-bond acceptors (Lipinski definition) is 7. The van der Waals surface area contributed by atoms with Gasteiger partial charge in [-0.25, -0.2) is 29.9 Å². The lowest BCUT2D eigenvalue weighted by atomic mass is 10.1. The van der Waals surface area contributed by atoms with E-state index in [1.54, 1.807) is 0 Å². The molecule has 0 saturated carbocycles. The van der Waals surface area contributed by atoms with Gasteiger partial charge in [0.25, 0.3) is 0 Å². The third kappa shape index (κ3) is 6.20. The van der Waals surface area contributed by atoms with E-state index in [4.69, 9.17) is 29.9 Å². The van der Waals surface area contributed by atoms with Gasteiger partial charge in [0.05, 0.1) is 16.7 Å². The molecule has 62 heavy (non-hydrogen) atoms. The molecule has 8 heteroatoms. The fourth-order valence-electron chi connectivity index (χ4n) is 8.36. The fourth-order valence-corrected chi connectivity index (χ4v) is 9.48. The molecule has 290 valence electrons. The van der Waals surface area contributed by atoms with E-state index in [2.05, 4.69) is 83.4 Å². The molecule has 0 atom stereocenters. The summed E-state index contributed by atoms with van der Waals surface area (Å²) >= 11 is 1.82. The molecule has 0 aliphatic rings. The molecule has 0 fully saturated rings. The molecule has 12 rings (SSSR count). The highest BCUT2D eigenvalue weighted by Crippen LogP contribution is 2.43. The summed E-state index contributed by atoms with van der Waals surface area (Å²) in [5.41, 5.74) is 8.33. The molecule has 7 nitrogen and oxygen atoms in total. The lowest BCUT2D eigenvalue weighted by Gasteiger charge is -2.16. The molecule has 0 spiro atoms. The SMILES string of the molecule is c1ccc(-c2nc(-c3ccccc3)nc(-c3ccc(-c4nc(-c5ccccc5)nc(-c5ccccc5)n4)c(-n4c5ccccc5c5cc6c(cc54)sc4ccccc46)c3)n2)cc1. The number of aromatic nitrogens is 7. The quantitative estimate of drug-likeness (QED) is 0.159. The van der Waals surface area contributed by atoms with Crippen LogP contribution in [0.15, 0.2) is 200 Å². The number of benzene rings is 8. The standard InChI is InChI=1S/C54H33N7S/c1-5-17-34(18-6-1)49-55-50(35-19-7-2-8-20-35)58-53(57-49)38-29-30-41(54-59-51(36-21-9-3-10-22-36)56-52(60-54)37-23-11-4-12-24-37)45(31-38)61-44-27-15-13-25-39(44)42-32-43-40-26-14-16-28-47(40)62-48(43)33-46(42)61/h1-33H. The Labute approximate surface area is 360 Å². The summed E-state index contributed by atoms with van der Waals surface area (Å²) in [6.07, 6.45) is 0. The summed E-state index contributed by atoms with van der Waals surface area (Å²) in [6.45, 7) is 0. The number of fused-ring (bicyclic) bond motifs is 6. The van der Waals surface area contributed by atoms with Crippen molar-refractivity contribution in [3.63, 3.8) is 0 Å². The van der Waals surface area contributed by atoms with Crippen LogP contribution in [0.2, 0.25) is 0 Å². The van der Waals surface area contributed by atoms with Crippen LogP contribution in [-0.4, -0.2) is 34.5 Å². The Morgan fingerprint density at radius 1 is 0.290 bits per heavy atom. The van der Waals surface area contributed by atoms with Crippen molar-refractivity contribution in [2.75, 3.05) is 0 Å².